The molecule has 3 heterocycles. The fraction of sp³-hybridized carbons (Fsp3) is 0.435. The number of esters is 1. The van der Waals surface area contributed by atoms with Crippen molar-refractivity contribution < 1.29 is 18.7 Å². The third-order valence-electron chi connectivity index (χ3n) is 5.54. The maximum Gasteiger partial charge on any atom is 0.328 e. The van der Waals surface area contributed by atoms with E-state index in [2.05, 4.69) is 20.6 Å². The SMILES string of the molecule is CCCCOC(=O)C(Cc1c[nH]c2ccccc12)NC(=O)c1coc(C2CCCN2)n1. The van der Waals surface area contributed by atoms with Crippen LogP contribution in [0.4, 0.5) is 0 Å². The molecule has 0 radical (unpaired) electrons. The summed E-state index contributed by atoms with van der Waals surface area (Å²) in [6, 6.07) is 7.06. The predicted molar refractivity (Wildman–Crippen MR) is 116 cm³/mol. The molecule has 164 valence electrons. The Morgan fingerprint density at radius 2 is 2.23 bits per heavy atom. The van der Waals surface area contributed by atoms with Gasteiger partial charge in [-0.1, -0.05) is 31.5 Å². The Labute approximate surface area is 180 Å². The van der Waals surface area contributed by atoms with E-state index in [0.29, 0.717) is 18.9 Å². The van der Waals surface area contributed by atoms with E-state index in [4.69, 9.17) is 9.15 Å². The van der Waals surface area contributed by atoms with Gasteiger partial charge in [0.1, 0.15) is 12.3 Å². The van der Waals surface area contributed by atoms with Gasteiger partial charge < -0.3 is 24.8 Å². The molecule has 4 rings (SSSR count). The van der Waals surface area contributed by atoms with Gasteiger partial charge in [-0.15, -0.1) is 0 Å². The lowest BCUT2D eigenvalue weighted by molar-refractivity contribution is -0.146. The van der Waals surface area contributed by atoms with Gasteiger partial charge in [0.2, 0.25) is 5.89 Å². The van der Waals surface area contributed by atoms with Crippen molar-refractivity contribution in [1.29, 1.82) is 0 Å². The summed E-state index contributed by atoms with van der Waals surface area (Å²) in [6.07, 6.45) is 7.19. The fourth-order valence-corrected chi connectivity index (χ4v) is 3.81. The summed E-state index contributed by atoms with van der Waals surface area (Å²) in [7, 11) is 0. The molecule has 31 heavy (non-hydrogen) atoms. The lowest BCUT2D eigenvalue weighted by Crippen LogP contribution is -2.43. The van der Waals surface area contributed by atoms with Crippen LogP contribution in [0.5, 0.6) is 0 Å². The number of nitrogens with one attached hydrogen (secondary N) is 3. The number of H-pyrrole nitrogens is 1. The van der Waals surface area contributed by atoms with Crippen LogP contribution in [0.25, 0.3) is 10.9 Å². The zero-order chi connectivity index (χ0) is 21.6. The second-order valence-electron chi connectivity index (χ2n) is 7.83. The van der Waals surface area contributed by atoms with Crippen LogP contribution in [-0.2, 0) is 16.0 Å². The molecule has 3 aromatic rings. The molecule has 2 unspecified atom stereocenters. The molecule has 1 aliphatic heterocycles. The number of aromatic nitrogens is 2. The van der Waals surface area contributed by atoms with E-state index in [0.717, 1.165) is 48.7 Å². The average molecular weight is 425 g/mol. The maximum absolute atomic E-state index is 12.8. The summed E-state index contributed by atoms with van der Waals surface area (Å²) < 4.78 is 10.9. The van der Waals surface area contributed by atoms with Crippen molar-refractivity contribution in [2.24, 2.45) is 0 Å². The fourth-order valence-electron chi connectivity index (χ4n) is 3.81. The minimum atomic E-state index is -0.826. The second kappa shape index (κ2) is 9.78. The highest BCUT2D eigenvalue weighted by molar-refractivity contribution is 5.95. The van der Waals surface area contributed by atoms with Gasteiger partial charge in [-0.05, 0) is 37.4 Å². The third kappa shape index (κ3) is 4.96. The largest absolute Gasteiger partial charge is 0.464 e. The summed E-state index contributed by atoms with van der Waals surface area (Å²) in [5, 5.41) is 7.10. The van der Waals surface area contributed by atoms with E-state index < -0.39 is 17.9 Å². The first-order valence-electron chi connectivity index (χ1n) is 10.9. The Morgan fingerprint density at radius 1 is 1.35 bits per heavy atom. The van der Waals surface area contributed by atoms with Crippen molar-refractivity contribution in [3.63, 3.8) is 0 Å². The highest BCUT2D eigenvalue weighted by Gasteiger charge is 2.27. The number of hydrogen-bond donors (Lipinski definition) is 3. The summed E-state index contributed by atoms with van der Waals surface area (Å²) in [6.45, 7) is 3.27. The van der Waals surface area contributed by atoms with Crippen molar-refractivity contribution in [1.82, 2.24) is 20.6 Å². The van der Waals surface area contributed by atoms with Gasteiger partial charge in [-0.2, -0.15) is 0 Å². The van der Waals surface area contributed by atoms with E-state index in [1.807, 2.05) is 37.4 Å². The lowest BCUT2D eigenvalue weighted by Gasteiger charge is -2.17. The maximum atomic E-state index is 12.8. The molecular formula is C23H28N4O4. The molecule has 2 aromatic heterocycles. The summed E-state index contributed by atoms with van der Waals surface area (Å²) >= 11 is 0. The first kappa shape index (κ1) is 21.1. The molecule has 1 aliphatic rings. The van der Waals surface area contributed by atoms with Crippen molar-refractivity contribution in [3.8, 4) is 0 Å². The minimum Gasteiger partial charge on any atom is -0.464 e. The van der Waals surface area contributed by atoms with Crippen molar-refractivity contribution in [3.05, 3.63) is 53.9 Å². The Balaban J connectivity index is 1.49. The number of amides is 1. The van der Waals surface area contributed by atoms with Gasteiger partial charge >= 0.3 is 5.97 Å². The van der Waals surface area contributed by atoms with Crippen LogP contribution >= 0.6 is 0 Å². The zero-order valence-electron chi connectivity index (χ0n) is 17.6. The number of benzene rings is 1. The van der Waals surface area contributed by atoms with E-state index in [1.165, 1.54) is 6.26 Å². The zero-order valence-corrected chi connectivity index (χ0v) is 17.6. The van der Waals surface area contributed by atoms with Crippen LogP contribution < -0.4 is 10.6 Å². The molecule has 0 spiro atoms. The number of ether oxygens (including phenoxy) is 1. The van der Waals surface area contributed by atoms with Crippen molar-refractivity contribution >= 4 is 22.8 Å². The van der Waals surface area contributed by atoms with Gasteiger partial charge in [0, 0.05) is 23.5 Å². The molecule has 8 nitrogen and oxygen atoms in total. The molecule has 8 heteroatoms. The average Bonchev–Trinajstić information content (AvgIpc) is 3.53. The molecule has 1 amide bonds. The Morgan fingerprint density at radius 3 is 3.03 bits per heavy atom. The summed E-state index contributed by atoms with van der Waals surface area (Å²) in [5.74, 6) is -0.403. The van der Waals surface area contributed by atoms with Crippen molar-refractivity contribution in [2.45, 2.75) is 51.1 Å². The number of carbonyl (C=O) groups excluding carboxylic acids is 2. The number of para-hydroxylation sites is 1. The number of oxazole rings is 1. The number of rotatable bonds is 9. The molecule has 0 saturated carbocycles. The van der Waals surface area contributed by atoms with E-state index >= 15 is 0 Å². The van der Waals surface area contributed by atoms with Crippen molar-refractivity contribution in [2.75, 3.05) is 13.2 Å². The van der Waals surface area contributed by atoms with E-state index in [-0.39, 0.29) is 11.7 Å². The number of aromatic amines is 1. The smallest absolute Gasteiger partial charge is 0.328 e. The molecule has 0 aliphatic carbocycles. The number of carbonyl (C=O) groups is 2. The topological polar surface area (TPSA) is 109 Å². The van der Waals surface area contributed by atoms with Crippen LogP contribution in [0.3, 0.4) is 0 Å². The Hall–Kier alpha value is -3.13. The third-order valence-corrected chi connectivity index (χ3v) is 5.54. The molecule has 1 fully saturated rings. The standard InChI is InChI=1S/C23H28N4O4/c1-2-3-11-30-23(29)19(12-15-13-25-17-8-5-4-7-16(15)17)26-21(28)20-14-31-22(27-20)18-9-6-10-24-18/h4-5,7-8,13-14,18-19,24-25H,2-3,6,9-12H2,1H3,(H,26,28). The molecule has 3 N–H and O–H groups in total. The molecule has 1 aromatic carbocycles. The normalized spacial score (nSPS) is 17.0. The Kier molecular flexibility index (Phi) is 6.66. The van der Waals surface area contributed by atoms with Crippen LogP contribution in [0.1, 0.15) is 60.6 Å². The quantitative estimate of drug-likeness (QED) is 0.359. The molecular weight excluding hydrogens is 396 g/mol. The lowest BCUT2D eigenvalue weighted by atomic mass is 10.0. The second-order valence-corrected chi connectivity index (χ2v) is 7.83. The minimum absolute atomic E-state index is 0.0302. The number of nitrogens with zero attached hydrogens (tertiary/aromatic N) is 1. The monoisotopic (exact) mass is 424 g/mol. The van der Waals surface area contributed by atoms with Crippen LogP contribution in [0, 0.1) is 0 Å². The first-order chi connectivity index (χ1) is 15.2. The van der Waals surface area contributed by atoms with E-state index in [1.54, 1.807) is 0 Å². The highest BCUT2D eigenvalue weighted by Crippen LogP contribution is 2.23. The number of fused-ring (bicyclic) bond motifs is 1. The van der Waals surface area contributed by atoms with E-state index in [9.17, 15) is 9.59 Å². The van der Waals surface area contributed by atoms with Crippen LogP contribution in [0.2, 0.25) is 0 Å². The number of unbranched alkanes of at least 4 members (excludes halogenated alkanes) is 1. The molecule has 2 atom stereocenters. The van der Waals surface area contributed by atoms with Gasteiger partial charge in [0.05, 0.1) is 12.6 Å². The summed E-state index contributed by atoms with van der Waals surface area (Å²) in [5.41, 5.74) is 2.07. The highest BCUT2D eigenvalue weighted by atomic mass is 16.5. The van der Waals surface area contributed by atoms with Gasteiger partial charge in [0.25, 0.3) is 5.91 Å². The van der Waals surface area contributed by atoms with Crippen LogP contribution in [-0.4, -0.2) is 41.0 Å². The summed E-state index contributed by atoms with van der Waals surface area (Å²) in [4.78, 5) is 33.1. The van der Waals surface area contributed by atoms with Gasteiger partial charge in [-0.25, -0.2) is 9.78 Å². The Bertz CT molecular complexity index is 1040. The van der Waals surface area contributed by atoms with Crippen LogP contribution in [0.15, 0.2) is 41.1 Å². The first-order valence-corrected chi connectivity index (χ1v) is 10.9. The predicted octanol–water partition coefficient (Wildman–Crippen LogP) is 3.26. The van der Waals surface area contributed by atoms with Gasteiger partial charge in [-0.3, -0.25) is 4.79 Å². The number of hydrogen-bond acceptors (Lipinski definition) is 6. The molecule has 1 saturated heterocycles. The molecule has 0 bridgehead atoms. The van der Waals surface area contributed by atoms with Gasteiger partial charge in [0.15, 0.2) is 5.69 Å².